The molecule has 130 valence electrons. The lowest BCUT2D eigenvalue weighted by Crippen LogP contribution is -2.56. The van der Waals surface area contributed by atoms with Gasteiger partial charge in [-0.25, -0.2) is 0 Å². The van der Waals surface area contributed by atoms with Gasteiger partial charge in [0.25, 0.3) is 11.6 Å². The number of benzene rings is 1. The minimum Gasteiger partial charge on any atom is -0.362 e. The number of carbonyl (C=O) groups excluding carboxylic acids is 1. The normalized spacial score (nSPS) is 20.5. The quantitative estimate of drug-likeness (QED) is 0.883. The zero-order valence-electron chi connectivity index (χ0n) is 12.5. The Morgan fingerprint density at radius 3 is 2.32 bits per heavy atom. The van der Waals surface area contributed by atoms with Crippen molar-refractivity contribution in [3.05, 3.63) is 64.9 Å². The number of alkyl halides is 3. The number of hydrazone groups is 1. The van der Waals surface area contributed by atoms with Gasteiger partial charge in [-0.15, -0.1) is 0 Å². The number of carbonyl (C=O) groups is 1. The predicted octanol–water partition coefficient (Wildman–Crippen LogP) is 3.24. The number of nitrogens with zero attached hydrogens (tertiary/aromatic N) is 3. The summed E-state index contributed by atoms with van der Waals surface area (Å²) in [7, 11) is 0. The standard InChI is InChI=1S/C16H11ClF3N3O2/c17-12-3-1-10(2-4-12)13-9-15(25,16(18,19)20)23(22-13)14(24)11-5-7-21-8-6-11/h1-8,25H,9H2. The summed E-state index contributed by atoms with van der Waals surface area (Å²) in [5.41, 5.74) is -3.24. The van der Waals surface area contributed by atoms with Gasteiger partial charge in [0.1, 0.15) is 0 Å². The van der Waals surface area contributed by atoms with Gasteiger partial charge in [0, 0.05) is 23.0 Å². The highest BCUT2D eigenvalue weighted by atomic mass is 35.5. The lowest BCUT2D eigenvalue weighted by atomic mass is 10.0. The fourth-order valence-electron chi connectivity index (χ4n) is 2.40. The maximum atomic E-state index is 13.5. The van der Waals surface area contributed by atoms with Gasteiger partial charge >= 0.3 is 6.18 Å². The molecule has 0 spiro atoms. The summed E-state index contributed by atoms with van der Waals surface area (Å²) in [6.07, 6.45) is -3.44. The summed E-state index contributed by atoms with van der Waals surface area (Å²) < 4.78 is 40.4. The van der Waals surface area contributed by atoms with Crippen molar-refractivity contribution in [2.75, 3.05) is 0 Å². The second kappa shape index (κ2) is 6.12. The Morgan fingerprint density at radius 2 is 1.76 bits per heavy atom. The Morgan fingerprint density at radius 1 is 1.16 bits per heavy atom. The number of hydrogen-bond donors (Lipinski definition) is 1. The van der Waals surface area contributed by atoms with Crippen molar-refractivity contribution in [1.29, 1.82) is 0 Å². The van der Waals surface area contributed by atoms with E-state index in [2.05, 4.69) is 10.1 Å². The van der Waals surface area contributed by atoms with Crippen molar-refractivity contribution in [3.63, 3.8) is 0 Å². The SMILES string of the molecule is O=C(c1ccncc1)N1N=C(c2ccc(Cl)cc2)CC1(O)C(F)(F)F. The summed E-state index contributed by atoms with van der Waals surface area (Å²) >= 11 is 5.77. The third-order valence-corrected chi connectivity index (χ3v) is 3.99. The maximum absolute atomic E-state index is 13.5. The third-order valence-electron chi connectivity index (χ3n) is 3.74. The highest BCUT2D eigenvalue weighted by Gasteiger charge is 2.63. The van der Waals surface area contributed by atoms with Gasteiger partial charge in [-0.05, 0) is 29.8 Å². The van der Waals surface area contributed by atoms with Gasteiger partial charge in [-0.3, -0.25) is 9.78 Å². The number of pyridine rings is 1. The molecule has 1 aromatic carbocycles. The second-order valence-corrected chi connectivity index (χ2v) is 5.83. The molecule has 1 atom stereocenters. The third kappa shape index (κ3) is 3.10. The molecule has 0 bridgehead atoms. The molecule has 2 heterocycles. The smallest absolute Gasteiger partial charge is 0.362 e. The molecule has 1 aromatic heterocycles. The number of halogens is 4. The van der Waals surface area contributed by atoms with E-state index in [9.17, 15) is 23.1 Å². The van der Waals surface area contributed by atoms with Crippen LogP contribution in [0, 0.1) is 0 Å². The monoisotopic (exact) mass is 369 g/mol. The fourth-order valence-corrected chi connectivity index (χ4v) is 2.53. The lowest BCUT2D eigenvalue weighted by Gasteiger charge is -2.32. The van der Waals surface area contributed by atoms with Crippen molar-refractivity contribution in [1.82, 2.24) is 9.99 Å². The fraction of sp³-hybridized carbons (Fsp3) is 0.188. The Balaban J connectivity index is 2.04. The lowest BCUT2D eigenvalue weighted by molar-refractivity contribution is -0.297. The molecule has 0 radical (unpaired) electrons. The molecule has 1 aliphatic rings. The van der Waals surface area contributed by atoms with Crippen LogP contribution in [0.2, 0.25) is 5.02 Å². The molecule has 3 rings (SSSR count). The van der Waals surface area contributed by atoms with E-state index in [-0.39, 0.29) is 16.3 Å². The zero-order valence-corrected chi connectivity index (χ0v) is 13.3. The molecule has 0 fully saturated rings. The number of rotatable bonds is 2. The number of hydrogen-bond acceptors (Lipinski definition) is 4. The molecule has 25 heavy (non-hydrogen) atoms. The Hall–Kier alpha value is -2.45. The molecule has 0 saturated carbocycles. The van der Waals surface area contributed by atoms with Gasteiger partial charge in [0.05, 0.1) is 12.1 Å². The Bertz CT molecular complexity index is 825. The number of aliphatic hydroxyl groups is 1. The molecular formula is C16H11ClF3N3O2. The second-order valence-electron chi connectivity index (χ2n) is 5.40. The van der Waals surface area contributed by atoms with E-state index < -0.39 is 24.2 Å². The van der Waals surface area contributed by atoms with Crippen LogP contribution in [-0.4, -0.2) is 38.6 Å². The largest absolute Gasteiger partial charge is 0.438 e. The van der Waals surface area contributed by atoms with E-state index >= 15 is 0 Å². The van der Waals surface area contributed by atoms with Gasteiger partial charge < -0.3 is 5.11 Å². The molecule has 0 saturated heterocycles. The Labute approximate surface area is 145 Å². The van der Waals surface area contributed by atoms with Gasteiger partial charge in [0.15, 0.2) is 0 Å². The highest BCUT2D eigenvalue weighted by Crippen LogP contribution is 2.42. The van der Waals surface area contributed by atoms with E-state index in [0.29, 0.717) is 10.6 Å². The molecule has 1 N–H and O–H groups in total. The first-order chi connectivity index (χ1) is 11.7. The van der Waals surface area contributed by atoms with Crippen molar-refractivity contribution in [3.8, 4) is 0 Å². The van der Waals surface area contributed by atoms with Crippen LogP contribution in [0.4, 0.5) is 13.2 Å². The maximum Gasteiger partial charge on any atom is 0.438 e. The first-order valence-corrected chi connectivity index (χ1v) is 7.47. The minimum atomic E-state index is -5.09. The van der Waals surface area contributed by atoms with Crippen LogP contribution in [-0.2, 0) is 0 Å². The van der Waals surface area contributed by atoms with Crippen LogP contribution in [0.25, 0.3) is 0 Å². The highest BCUT2D eigenvalue weighted by molar-refractivity contribution is 6.30. The first-order valence-electron chi connectivity index (χ1n) is 7.09. The molecular weight excluding hydrogens is 359 g/mol. The van der Waals surface area contributed by atoms with E-state index in [1.54, 1.807) is 0 Å². The van der Waals surface area contributed by atoms with Gasteiger partial charge in [-0.2, -0.15) is 23.3 Å². The van der Waals surface area contributed by atoms with Crippen molar-refractivity contribution in [2.45, 2.75) is 18.3 Å². The number of aromatic nitrogens is 1. The molecule has 2 aromatic rings. The van der Waals surface area contributed by atoms with Crippen LogP contribution in [0.1, 0.15) is 22.3 Å². The van der Waals surface area contributed by atoms with Crippen molar-refractivity contribution >= 4 is 23.2 Å². The topological polar surface area (TPSA) is 65.8 Å². The van der Waals surface area contributed by atoms with Crippen molar-refractivity contribution in [2.24, 2.45) is 5.10 Å². The van der Waals surface area contributed by atoms with Crippen LogP contribution in [0.3, 0.4) is 0 Å². The predicted molar refractivity (Wildman–Crippen MR) is 84.0 cm³/mol. The van der Waals surface area contributed by atoms with E-state index in [1.165, 1.54) is 48.8 Å². The van der Waals surface area contributed by atoms with E-state index in [4.69, 9.17) is 11.6 Å². The van der Waals surface area contributed by atoms with Crippen LogP contribution in [0.15, 0.2) is 53.9 Å². The Kier molecular flexibility index (Phi) is 4.26. The molecule has 1 amide bonds. The van der Waals surface area contributed by atoms with Crippen LogP contribution >= 0.6 is 11.6 Å². The van der Waals surface area contributed by atoms with E-state index in [1.807, 2.05) is 0 Å². The van der Waals surface area contributed by atoms with Gasteiger partial charge in [0.2, 0.25) is 0 Å². The van der Waals surface area contributed by atoms with E-state index in [0.717, 1.165) is 0 Å². The van der Waals surface area contributed by atoms with Crippen LogP contribution < -0.4 is 0 Å². The summed E-state index contributed by atoms with van der Waals surface area (Å²) in [4.78, 5) is 16.2. The zero-order chi connectivity index (χ0) is 18.2. The average molecular weight is 370 g/mol. The molecule has 0 aliphatic carbocycles. The molecule has 9 heteroatoms. The summed E-state index contributed by atoms with van der Waals surface area (Å²) in [5.74, 6) is -1.08. The number of amides is 1. The molecule has 1 unspecified atom stereocenters. The summed E-state index contributed by atoms with van der Waals surface area (Å²) in [6.45, 7) is 0. The average Bonchev–Trinajstić information content (AvgIpc) is 2.94. The van der Waals surface area contributed by atoms with Crippen molar-refractivity contribution < 1.29 is 23.1 Å². The minimum absolute atomic E-state index is 0.0705. The molecule has 1 aliphatic heterocycles. The first kappa shape index (κ1) is 17.4. The van der Waals surface area contributed by atoms with Crippen LogP contribution in [0.5, 0.6) is 0 Å². The molecule has 5 nitrogen and oxygen atoms in total. The summed E-state index contributed by atoms with van der Waals surface area (Å²) in [5, 5.41) is 14.5. The summed E-state index contributed by atoms with van der Waals surface area (Å²) in [6, 6.07) is 8.40. The van der Waals surface area contributed by atoms with Gasteiger partial charge in [-0.1, -0.05) is 23.7 Å².